The van der Waals surface area contributed by atoms with Gasteiger partial charge in [-0.25, -0.2) is 4.98 Å². The molecule has 2 aromatic carbocycles. The van der Waals surface area contributed by atoms with Crippen molar-refractivity contribution in [1.29, 1.82) is 0 Å². The minimum absolute atomic E-state index is 0.107. The monoisotopic (exact) mass is 462 g/mol. The predicted octanol–water partition coefficient (Wildman–Crippen LogP) is 4.72. The quantitative estimate of drug-likeness (QED) is 0.318. The Balaban J connectivity index is 1.70. The minimum atomic E-state index is -0.203. The summed E-state index contributed by atoms with van der Waals surface area (Å²) in [6, 6.07) is 17.0. The van der Waals surface area contributed by atoms with E-state index in [1.165, 1.54) is 11.8 Å². The van der Waals surface area contributed by atoms with Crippen LogP contribution in [0.2, 0.25) is 0 Å². The number of ether oxygens (including phenoxy) is 1. The number of para-hydroxylation sites is 2. The highest BCUT2D eigenvalue weighted by Crippen LogP contribution is 2.30. The summed E-state index contributed by atoms with van der Waals surface area (Å²) < 4.78 is 8.78. The van der Waals surface area contributed by atoms with Crippen LogP contribution in [0.1, 0.15) is 19.9 Å². The first-order chi connectivity index (χ1) is 15.9. The predicted molar refractivity (Wildman–Crippen MR) is 133 cm³/mol. The summed E-state index contributed by atoms with van der Waals surface area (Å²) in [4.78, 5) is 31.0. The van der Waals surface area contributed by atoms with E-state index in [2.05, 4.69) is 5.32 Å². The van der Waals surface area contributed by atoms with Crippen LogP contribution >= 0.6 is 11.8 Å². The molecule has 0 atom stereocenters. The maximum absolute atomic E-state index is 13.4. The molecule has 0 saturated carbocycles. The van der Waals surface area contributed by atoms with Gasteiger partial charge in [0.25, 0.3) is 5.56 Å². The van der Waals surface area contributed by atoms with Gasteiger partial charge in [0.1, 0.15) is 16.8 Å². The van der Waals surface area contributed by atoms with Gasteiger partial charge in [-0.05, 0) is 31.5 Å². The Bertz CT molecular complexity index is 1360. The summed E-state index contributed by atoms with van der Waals surface area (Å²) in [5, 5.41) is 3.38. The average Bonchev–Trinajstić information content (AvgIpc) is 3.15. The van der Waals surface area contributed by atoms with Gasteiger partial charge in [-0.15, -0.1) is 0 Å². The molecule has 4 rings (SSSR count). The van der Waals surface area contributed by atoms with Crippen molar-refractivity contribution in [3.8, 4) is 16.9 Å². The first-order valence-electron chi connectivity index (χ1n) is 10.6. The number of methoxy groups -OCH3 is 1. The number of hydrogen-bond acceptors (Lipinski definition) is 5. The lowest BCUT2D eigenvalue weighted by Crippen LogP contribution is -2.26. The number of aromatic nitrogens is 3. The van der Waals surface area contributed by atoms with Crippen molar-refractivity contribution < 1.29 is 9.53 Å². The van der Waals surface area contributed by atoms with Crippen LogP contribution in [0.4, 0.5) is 5.69 Å². The zero-order valence-electron chi connectivity index (χ0n) is 19.0. The topological polar surface area (TPSA) is 78.2 Å². The number of hydrogen-bond donors (Lipinski definition) is 1. The molecule has 4 aromatic rings. The molecule has 0 unspecified atom stereocenters. The number of nitrogens with zero attached hydrogens (tertiary/aromatic N) is 3. The van der Waals surface area contributed by atoms with Crippen molar-refractivity contribution in [2.24, 2.45) is 7.05 Å². The highest BCUT2D eigenvalue weighted by atomic mass is 32.2. The minimum Gasteiger partial charge on any atom is -0.495 e. The fraction of sp³-hybridized carbons (Fsp3) is 0.240. The van der Waals surface area contributed by atoms with Crippen LogP contribution in [0.25, 0.3) is 22.2 Å². The fourth-order valence-electron chi connectivity index (χ4n) is 3.78. The average molecular weight is 463 g/mol. The molecule has 2 aromatic heterocycles. The molecule has 1 amide bonds. The molecule has 7 nitrogen and oxygen atoms in total. The third-order valence-electron chi connectivity index (χ3n) is 5.30. The third-order valence-corrected chi connectivity index (χ3v) is 6.26. The van der Waals surface area contributed by atoms with Crippen LogP contribution in [0.5, 0.6) is 5.75 Å². The molecule has 170 valence electrons. The van der Waals surface area contributed by atoms with Gasteiger partial charge < -0.3 is 14.6 Å². The fourth-order valence-corrected chi connectivity index (χ4v) is 4.70. The smallest absolute Gasteiger partial charge is 0.278 e. The number of fused-ring (bicyclic) bond motifs is 1. The van der Waals surface area contributed by atoms with E-state index in [1.54, 1.807) is 23.8 Å². The number of amides is 1. The number of rotatable bonds is 7. The second kappa shape index (κ2) is 9.54. The van der Waals surface area contributed by atoms with E-state index in [0.29, 0.717) is 27.6 Å². The maximum Gasteiger partial charge on any atom is 0.278 e. The highest BCUT2D eigenvalue weighted by molar-refractivity contribution is 7.99. The molecule has 33 heavy (non-hydrogen) atoms. The van der Waals surface area contributed by atoms with E-state index in [0.717, 1.165) is 11.1 Å². The number of anilines is 1. The molecule has 0 fully saturated rings. The normalized spacial score (nSPS) is 11.2. The largest absolute Gasteiger partial charge is 0.495 e. The molecular formula is C25H26N4O3S. The Morgan fingerprint density at radius 3 is 2.52 bits per heavy atom. The summed E-state index contributed by atoms with van der Waals surface area (Å²) in [5.74, 6) is 0.493. The number of thioether (sulfide) groups is 1. The maximum atomic E-state index is 13.4. The number of carbonyl (C=O) groups excluding carboxylic acids is 1. The molecule has 1 N–H and O–H groups in total. The van der Waals surface area contributed by atoms with Gasteiger partial charge in [0.05, 0.1) is 18.6 Å². The number of nitrogens with one attached hydrogen (secondary N) is 1. The molecule has 0 bridgehead atoms. The second-order valence-corrected chi connectivity index (χ2v) is 8.86. The van der Waals surface area contributed by atoms with E-state index in [-0.39, 0.29) is 23.3 Å². The van der Waals surface area contributed by atoms with Gasteiger partial charge >= 0.3 is 0 Å². The Morgan fingerprint density at radius 2 is 1.82 bits per heavy atom. The zero-order chi connectivity index (χ0) is 23.5. The Labute approximate surface area is 196 Å². The van der Waals surface area contributed by atoms with Crippen LogP contribution in [0.15, 0.2) is 70.7 Å². The lowest BCUT2D eigenvalue weighted by atomic mass is 10.1. The van der Waals surface area contributed by atoms with Crippen LogP contribution < -0.4 is 15.6 Å². The Hall–Kier alpha value is -3.52. The zero-order valence-corrected chi connectivity index (χ0v) is 19.8. The molecule has 0 aliphatic heterocycles. The number of benzene rings is 2. The lowest BCUT2D eigenvalue weighted by Gasteiger charge is -2.16. The Morgan fingerprint density at radius 1 is 1.12 bits per heavy atom. The van der Waals surface area contributed by atoms with Gasteiger partial charge in [0.2, 0.25) is 5.91 Å². The second-order valence-electron chi connectivity index (χ2n) is 7.92. The summed E-state index contributed by atoms with van der Waals surface area (Å²) >= 11 is 1.25. The number of aryl methyl sites for hydroxylation is 1. The van der Waals surface area contributed by atoms with E-state index in [4.69, 9.17) is 9.72 Å². The van der Waals surface area contributed by atoms with Crippen molar-refractivity contribution in [3.05, 3.63) is 71.1 Å². The SMILES string of the molecule is COc1ccccc1NC(=O)CSc1nc2c(-c3ccccc3)cn(C)c2c(=O)n1C(C)C. The van der Waals surface area contributed by atoms with Gasteiger partial charge in [-0.3, -0.25) is 14.2 Å². The van der Waals surface area contributed by atoms with E-state index >= 15 is 0 Å². The first kappa shape index (κ1) is 22.7. The van der Waals surface area contributed by atoms with Crippen LogP contribution in [-0.4, -0.2) is 32.9 Å². The molecule has 2 heterocycles. The molecule has 0 aliphatic carbocycles. The summed E-state index contributed by atoms with van der Waals surface area (Å²) in [7, 11) is 3.42. The van der Waals surface area contributed by atoms with Crippen molar-refractivity contribution in [1.82, 2.24) is 14.1 Å². The van der Waals surface area contributed by atoms with Gasteiger partial charge in [0.15, 0.2) is 5.16 Å². The van der Waals surface area contributed by atoms with Crippen molar-refractivity contribution in [2.45, 2.75) is 25.0 Å². The van der Waals surface area contributed by atoms with Gasteiger partial charge in [0, 0.05) is 24.8 Å². The molecule has 0 aliphatic rings. The van der Waals surface area contributed by atoms with Gasteiger partial charge in [-0.1, -0.05) is 54.2 Å². The van der Waals surface area contributed by atoms with E-state index < -0.39 is 0 Å². The molecule has 0 saturated heterocycles. The van der Waals surface area contributed by atoms with Gasteiger partial charge in [-0.2, -0.15) is 0 Å². The molecule has 8 heteroatoms. The van der Waals surface area contributed by atoms with Crippen molar-refractivity contribution in [2.75, 3.05) is 18.2 Å². The standard InChI is InChI=1S/C25H26N4O3S/c1-16(2)29-24(31)23-22(18(14-28(23)3)17-10-6-5-7-11-17)27-25(29)33-15-21(30)26-19-12-8-9-13-20(19)32-4/h5-14,16H,15H2,1-4H3,(H,26,30). The first-order valence-corrected chi connectivity index (χ1v) is 11.6. The molecule has 0 radical (unpaired) electrons. The lowest BCUT2D eigenvalue weighted by molar-refractivity contribution is -0.113. The van der Waals surface area contributed by atoms with E-state index in [1.807, 2.05) is 74.1 Å². The highest BCUT2D eigenvalue weighted by Gasteiger charge is 2.21. The van der Waals surface area contributed by atoms with Crippen molar-refractivity contribution in [3.63, 3.8) is 0 Å². The summed E-state index contributed by atoms with van der Waals surface area (Å²) in [6.07, 6.45) is 1.93. The molecular weight excluding hydrogens is 436 g/mol. The number of carbonyl (C=O) groups is 1. The summed E-state index contributed by atoms with van der Waals surface area (Å²) in [5.41, 5.74) is 3.55. The third kappa shape index (κ3) is 4.52. The van der Waals surface area contributed by atoms with E-state index in [9.17, 15) is 9.59 Å². The Kier molecular flexibility index (Phi) is 6.55. The summed E-state index contributed by atoms with van der Waals surface area (Å²) in [6.45, 7) is 3.88. The van der Waals surface area contributed by atoms with Crippen LogP contribution in [-0.2, 0) is 11.8 Å². The van der Waals surface area contributed by atoms with Crippen molar-refractivity contribution >= 4 is 34.4 Å². The van der Waals surface area contributed by atoms with Crippen LogP contribution in [0.3, 0.4) is 0 Å². The molecule has 0 spiro atoms. The van der Waals surface area contributed by atoms with Crippen LogP contribution in [0, 0.1) is 0 Å².